The van der Waals surface area contributed by atoms with Crippen LogP contribution >= 0.6 is 11.6 Å². The van der Waals surface area contributed by atoms with Crippen molar-refractivity contribution in [1.82, 2.24) is 14.9 Å². The van der Waals surface area contributed by atoms with Gasteiger partial charge in [0.1, 0.15) is 17.8 Å². The van der Waals surface area contributed by atoms with E-state index in [0.717, 1.165) is 5.56 Å². The standard InChI is InChI=1S/C19H18ClN3O3/c1-12(13-6-8-14(20)9-7-13)22-17(24)10-23-11-21-18-15(19(23)25)4-3-5-16(18)26-2/h3-9,11-12H,10H2,1-2H3,(H,22,24)/t12-/m0/s1. The lowest BCUT2D eigenvalue weighted by molar-refractivity contribution is -0.122. The van der Waals surface area contributed by atoms with Crippen LogP contribution in [-0.2, 0) is 11.3 Å². The van der Waals surface area contributed by atoms with Crippen molar-refractivity contribution in [2.24, 2.45) is 0 Å². The second-order valence-corrected chi connectivity index (χ2v) is 6.31. The predicted octanol–water partition coefficient (Wildman–Crippen LogP) is 2.94. The van der Waals surface area contributed by atoms with Crippen LogP contribution in [0.4, 0.5) is 0 Å². The molecule has 0 aliphatic heterocycles. The number of rotatable bonds is 5. The molecule has 0 spiro atoms. The van der Waals surface area contributed by atoms with E-state index >= 15 is 0 Å². The van der Waals surface area contributed by atoms with Crippen LogP contribution in [0.1, 0.15) is 18.5 Å². The van der Waals surface area contributed by atoms with Gasteiger partial charge in [-0.2, -0.15) is 0 Å². The highest BCUT2D eigenvalue weighted by atomic mass is 35.5. The number of nitrogens with zero attached hydrogens (tertiary/aromatic N) is 2. The molecule has 0 unspecified atom stereocenters. The molecule has 1 heterocycles. The Morgan fingerprint density at radius 1 is 1.27 bits per heavy atom. The SMILES string of the molecule is COc1cccc2c(=O)n(CC(=O)N[C@@H](C)c3ccc(Cl)cc3)cnc12. The molecule has 7 heteroatoms. The third-order valence-corrected chi connectivity index (χ3v) is 4.35. The lowest BCUT2D eigenvalue weighted by Crippen LogP contribution is -2.34. The maximum Gasteiger partial charge on any atom is 0.261 e. The summed E-state index contributed by atoms with van der Waals surface area (Å²) in [5.74, 6) is 0.242. The number of methoxy groups -OCH3 is 1. The van der Waals surface area contributed by atoms with E-state index in [0.29, 0.717) is 21.7 Å². The molecule has 3 aromatic rings. The number of hydrogen-bond acceptors (Lipinski definition) is 4. The van der Waals surface area contributed by atoms with Gasteiger partial charge in [0.2, 0.25) is 5.91 Å². The van der Waals surface area contributed by atoms with Crippen molar-refractivity contribution in [1.29, 1.82) is 0 Å². The van der Waals surface area contributed by atoms with Gasteiger partial charge in [0.05, 0.1) is 24.9 Å². The van der Waals surface area contributed by atoms with Crippen LogP contribution < -0.4 is 15.6 Å². The Labute approximate surface area is 155 Å². The van der Waals surface area contributed by atoms with Crippen molar-refractivity contribution < 1.29 is 9.53 Å². The molecule has 1 amide bonds. The van der Waals surface area contributed by atoms with Crippen molar-refractivity contribution in [2.75, 3.05) is 7.11 Å². The number of nitrogens with one attached hydrogen (secondary N) is 1. The quantitative estimate of drug-likeness (QED) is 0.748. The van der Waals surface area contributed by atoms with Crippen LogP contribution in [0.5, 0.6) is 5.75 Å². The van der Waals surface area contributed by atoms with E-state index in [1.807, 2.05) is 19.1 Å². The van der Waals surface area contributed by atoms with E-state index in [2.05, 4.69) is 10.3 Å². The normalized spacial score (nSPS) is 12.0. The molecule has 0 radical (unpaired) electrons. The Balaban J connectivity index is 1.78. The molecule has 0 bridgehead atoms. The molecular weight excluding hydrogens is 354 g/mol. The fourth-order valence-electron chi connectivity index (χ4n) is 2.72. The summed E-state index contributed by atoms with van der Waals surface area (Å²) in [6.07, 6.45) is 1.36. The number of benzene rings is 2. The minimum atomic E-state index is -0.289. The van der Waals surface area contributed by atoms with Gasteiger partial charge in [0.15, 0.2) is 0 Å². The van der Waals surface area contributed by atoms with Gasteiger partial charge in [0, 0.05) is 5.02 Å². The van der Waals surface area contributed by atoms with Gasteiger partial charge in [-0.3, -0.25) is 14.2 Å². The molecule has 2 aromatic carbocycles. The minimum Gasteiger partial charge on any atom is -0.494 e. The maximum atomic E-state index is 12.6. The summed E-state index contributed by atoms with van der Waals surface area (Å²) in [6.45, 7) is 1.75. The van der Waals surface area contributed by atoms with Crippen molar-refractivity contribution in [3.05, 3.63) is 69.7 Å². The van der Waals surface area contributed by atoms with Crippen LogP contribution in [0, 0.1) is 0 Å². The number of carbonyl (C=O) groups excluding carboxylic acids is 1. The molecule has 0 aliphatic carbocycles. The van der Waals surface area contributed by atoms with Gasteiger partial charge >= 0.3 is 0 Å². The lowest BCUT2D eigenvalue weighted by Gasteiger charge is -2.15. The predicted molar refractivity (Wildman–Crippen MR) is 101 cm³/mol. The van der Waals surface area contributed by atoms with Gasteiger partial charge < -0.3 is 10.1 Å². The Hall–Kier alpha value is -2.86. The fraction of sp³-hybridized carbons (Fsp3) is 0.211. The molecule has 1 atom stereocenters. The summed E-state index contributed by atoms with van der Waals surface area (Å²) in [6, 6.07) is 12.2. The third kappa shape index (κ3) is 3.70. The van der Waals surface area contributed by atoms with E-state index < -0.39 is 0 Å². The largest absolute Gasteiger partial charge is 0.494 e. The number of carbonyl (C=O) groups is 1. The molecule has 0 fully saturated rings. The second kappa shape index (κ2) is 7.58. The number of aromatic nitrogens is 2. The zero-order valence-electron chi connectivity index (χ0n) is 14.4. The summed E-state index contributed by atoms with van der Waals surface area (Å²) >= 11 is 5.87. The highest BCUT2D eigenvalue weighted by Gasteiger charge is 2.13. The summed E-state index contributed by atoms with van der Waals surface area (Å²) in [5.41, 5.74) is 1.12. The van der Waals surface area contributed by atoms with Gasteiger partial charge in [-0.25, -0.2) is 4.98 Å². The van der Waals surface area contributed by atoms with Crippen molar-refractivity contribution in [2.45, 2.75) is 19.5 Å². The maximum absolute atomic E-state index is 12.6. The van der Waals surface area contributed by atoms with E-state index in [9.17, 15) is 9.59 Å². The van der Waals surface area contributed by atoms with Gasteiger partial charge in [-0.05, 0) is 36.8 Å². The first-order valence-corrected chi connectivity index (χ1v) is 8.44. The first-order valence-electron chi connectivity index (χ1n) is 8.06. The molecule has 0 aliphatic rings. The average Bonchev–Trinajstić information content (AvgIpc) is 2.64. The summed E-state index contributed by atoms with van der Waals surface area (Å²) < 4.78 is 6.50. The molecule has 1 aromatic heterocycles. The van der Waals surface area contributed by atoms with Crippen LogP contribution in [-0.4, -0.2) is 22.6 Å². The monoisotopic (exact) mass is 371 g/mol. The molecular formula is C19H18ClN3O3. The second-order valence-electron chi connectivity index (χ2n) is 5.87. The first kappa shape index (κ1) is 17.9. The highest BCUT2D eigenvalue weighted by Crippen LogP contribution is 2.20. The van der Waals surface area contributed by atoms with Crippen molar-refractivity contribution in [3.63, 3.8) is 0 Å². The Kier molecular flexibility index (Phi) is 5.23. The molecule has 134 valence electrons. The minimum absolute atomic E-state index is 0.114. The van der Waals surface area contributed by atoms with Crippen LogP contribution in [0.2, 0.25) is 5.02 Å². The average molecular weight is 372 g/mol. The van der Waals surface area contributed by atoms with Gasteiger partial charge in [-0.1, -0.05) is 29.8 Å². The van der Waals surface area contributed by atoms with Crippen molar-refractivity contribution >= 4 is 28.4 Å². The number of halogens is 1. The highest BCUT2D eigenvalue weighted by molar-refractivity contribution is 6.30. The zero-order valence-corrected chi connectivity index (χ0v) is 15.2. The van der Waals surface area contributed by atoms with Crippen LogP contribution in [0.25, 0.3) is 10.9 Å². The number of ether oxygens (including phenoxy) is 1. The van der Waals surface area contributed by atoms with Gasteiger partial charge in [0.25, 0.3) is 5.56 Å². The lowest BCUT2D eigenvalue weighted by atomic mass is 10.1. The van der Waals surface area contributed by atoms with Crippen LogP contribution in [0.3, 0.4) is 0 Å². The van der Waals surface area contributed by atoms with Crippen molar-refractivity contribution in [3.8, 4) is 5.75 Å². The van der Waals surface area contributed by atoms with E-state index in [1.165, 1.54) is 18.0 Å². The third-order valence-electron chi connectivity index (χ3n) is 4.10. The summed E-state index contributed by atoms with van der Waals surface area (Å²) in [5, 5.41) is 3.91. The Morgan fingerprint density at radius 3 is 2.69 bits per heavy atom. The van der Waals surface area contributed by atoms with E-state index in [-0.39, 0.29) is 24.1 Å². The number of para-hydroxylation sites is 1. The Morgan fingerprint density at radius 2 is 2.00 bits per heavy atom. The van der Waals surface area contributed by atoms with E-state index in [4.69, 9.17) is 16.3 Å². The number of hydrogen-bond donors (Lipinski definition) is 1. The molecule has 0 saturated heterocycles. The molecule has 6 nitrogen and oxygen atoms in total. The number of amides is 1. The smallest absolute Gasteiger partial charge is 0.261 e. The molecule has 26 heavy (non-hydrogen) atoms. The summed E-state index contributed by atoms with van der Waals surface area (Å²) in [7, 11) is 1.52. The summed E-state index contributed by atoms with van der Waals surface area (Å²) in [4.78, 5) is 29.2. The molecule has 0 saturated carbocycles. The molecule has 1 N–H and O–H groups in total. The van der Waals surface area contributed by atoms with Gasteiger partial charge in [-0.15, -0.1) is 0 Å². The Bertz CT molecular complexity index is 999. The van der Waals surface area contributed by atoms with Crippen LogP contribution in [0.15, 0.2) is 53.6 Å². The molecule has 3 rings (SSSR count). The van der Waals surface area contributed by atoms with E-state index in [1.54, 1.807) is 30.3 Å². The number of fused-ring (bicyclic) bond motifs is 1. The topological polar surface area (TPSA) is 73.2 Å². The first-order chi connectivity index (χ1) is 12.5. The fourth-order valence-corrected chi connectivity index (χ4v) is 2.84. The zero-order chi connectivity index (χ0) is 18.7.